The van der Waals surface area contributed by atoms with E-state index >= 15 is 0 Å². The maximum atomic E-state index is 10.8. The van der Waals surface area contributed by atoms with Gasteiger partial charge in [-0.25, -0.2) is 0 Å². The number of ether oxygens (including phenoxy) is 2. The predicted molar refractivity (Wildman–Crippen MR) is 121 cm³/mol. The first-order valence-electron chi connectivity index (χ1n) is 9.96. The molecule has 1 saturated heterocycles. The number of rotatable bonds is 7. The van der Waals surface area contributed by atoms with Crippen LogP contribution in [0.25, 0.3) is 16.8 Å². The molecule has 0 amide bonds. The summed E-state index contributed by atoms with van der Waals surface area (Å²) in [6, 6.07) is 12.7. The van der Waals surface area contributed by atoms with Crippen LogP contribution >= 0.6 is 23.2 Å². The van der Waals surface area contributed by atoms with E-state index in [1.807, 2.05) is 36.5 Å². The smallest absolute Gasteiger partial charge is 0.203 e. The lowest BCUT2D eigenvalue weighted by molar-refractivity contribution is 0.230. The number of methoxy groups -OCH3 is 1. The number of benzene rings is 2. The Morgan fingerprint density at radius 3 is 2.50 bits per heavy atom. The van der Waals surface area contributed by atoms with Crippen molar-refractivity contribution in [3.63, 3.8) is 0 Å². The summed E-state index contributed by atoms with van der Waals surface area (Å²) in [7, 11) is 1.62. The van der Waals surface area contributed by atoms with Crippen LogP contribution in [0, 0.1) is 0 Å². The van der Waals surface area contributed by atoms with Crippen molar-refractivity contribution in [1.82, 2.24) is 9.47 Å². The van der Waals surface area contributed by atoms with Gasteiger partial charge in [-0.2, -0.15) is 0 Å². The highest BCUT2D eigenvalue weighted by molar-refractivity contribution is 6.42. The summed E-state index contributed by atoms with van der Waals surface area (Å²) in [6.07, 6.45) is 4.32. The molecule has 0 unspecified atom stereocenters. The summed E-state index contributed by atoms with van der Waals surface area (Å²) in [5.41, 5.74) is 2.23. The van der Waals surface area contributed by atoms with Crippen molar-refractivity contribution < 1.29 is 14.6 Å². The van der Waals surface area contributed by atoms with Crippen molar-refractivity contribution in [2.24, 2.45) is 0 Å². The lowest BCUT2D eigenvalue weighted by Gasteiger charge is -2.17. The lowest BCUT2D eigenvalue weighted by atomic mass is 10.1. The quantitative estimate of drug-likeness (QED) is 0.509. The van der Waals surface area contributed by atoms with Crippen molar-refractivity contribution in [2.75, 3.05) is 33.4 Å². The summed E-state index contributed by atoms with van der Waals surface area (Å²) in [5, 5.41) is 11.8. The lowest BCUT2D eigenvalue weighted by Crippen LogP contribution is -2.25. The Morgan fingerprint density at radius 2 is 1.77 bits per heavy atom. The van der Waals surface area contributed by atoms with E-state index in [-0.39, 0.29) is 5.88 Å². The predicted octanol–water partition coefficient (Wildman–Crippen LogP) is 5.64. The minimum atomic E-state index is 0.113. The fourth-order valence-corrected chi connectivity index (χ4v) is 4.04. The molecule has 2 heterocycles. The average molecular weight is 447 g/mol. The van der Waals surface area contributed by atoms with E-state index < -0.39 is 0 Å². The largest absolute Gasteiger partial charge is 0.494 e. The molecule has 0 atom stereocenters. The fourth-order valence-electron chi connectivity index (χ4n) is 3.74. The molecule has 2 aromatic carbocycles. The molecule has 1 aliphatic heterocycles. The van der Waals surface area contributed by atoms with Crippen LogP contribution in [0.4, 0.5) is 0 Å². The Kier molecular flexibility index (Phi) is 6.42. The van der Waals surface area contributed by atoms with Crippen LogP contribution in [0.3, 0.4) is 0 Å². The maximum Gasteiger partial charge on any atom is 0.203 e. The normalized spacial score (nSPS) is 14.2. The first kappa shape index (κ1) is 20.9. The minimum Gasteiger partial charge on any atom is -0.494 e. The fraction of sp³-hybridized carbons (Fsp3) is 0.304. The highest BCUT2D eigenvalue weighted by Crippen LogP contribution is 2.37. The summed E-state index contributed by atoms with van der Waals surface area (Å²) in [4.78, 5) is 2.40. The van der Waals surface area contributed by atoms with Gasteiger partial charge in [0.1, 0.15) is 6.61 Å². The molecule has 0 bridgehead atoms. The van der Waals surface area contributed by atoms with Gasteiger partial charge < -0.3 is 14.6 Å². The van der Waals surface area contributed by atoms with Crippen LogP contribution in [-0.4, -0.2) is 47.9 Å². The molecule has 1 fully saturated rings. The molecule has 7 heteroatoms. The van der Waals surface area contributed by atoms with Crippen LogP contribution in [-0.2, 0) is 0 Å². The third-order valence-corrected chi connectivity index (χ3v) is 6.12. The molecule has 1 aromatic heterocycles. The van der Waals surface area contributed by atoms with Gasteiger partial charge in [-0.15, -0.1) is 0 Å². The van der Waals surface area contributed by atoms with E-state index in [0.29, 0.717) is 33.7 Å². The molecular formula is C23H24Cl2N2O3. The molecule has 30 heavy (non-hydrogen) atoms. The Labute approximate surface area is 186 Å². The van der Waals surface area contributed by atoms with Gasteiger partial charge in [0.2, 0.25) is 5.88 Å². The molecule has 0 spiro atoms. The molecule has 5 nitrogen and oxygen atoms in total. The van der Waals surface area contributed by atoms with Gasteiger partial charge in [0, 0.05) is 24.4 Å². The highest BCUT2D eigenvalue weighted by atomic mass is 35.5. The second-order valence-corrected chi connectivity index (χ2v) is 8.10. The van der Waals surface area contributed by atoms with Crippen molar-refractivity contribution in [1.29, 1.82) is 0 Å². The summed E-state index contributed by atoms with van der Waals surface area (Å²) in [6.45, 7) is 3.75. The molecule has 0 saturated carbocycles. The standard InChI is InChI=1S/C23H24Cl2N2O3/c1-29-21-7-5-17(15-22(21)30-13-12-26-9-2-3-10-26)27-11-8-18(23(27)28)16-4-6-19(24)20(25)14-16/h4-8,11,14-15,28H,2-3,9-10,12-13H2,1H3. The Hall–Kier alpha value is -2.34. The van der Waals surface area contributed by atoms with Gasteiger partial charge in [0.25, 0.3) is 0 Å². The Bertz CT molecular complexity index is 1030. The van der Waals surface area contributed by atoms with Crippen molar-refractivity contribution in [3.8, 4) is 34.2 Å². The van der Waals surface area contributed by atoms with Crippen molar-refractivity contribution >= 4 is 23.2 Å². The number of likely N-dealkylation sites (tertiary alicyclic amines) is 1. The summed E-state index contributed by atoms with van der Waals surface area (Å²) in [5.74, 6) is 1.43. The maximum absolute atomic E-state index is 10.8. The van der Waals surface area contributed by atoms with Crippen LogP contribution in [0.15, 0.2) is 48.7 Å². The van der Waals surface area contributed by atoms with E-state index in [2.05, 4.69) is 4.90 Å². The number of hydrogen-bond donors (Lipinski definition) is 1. The van der Waals surface area contributed by atoms with Gasteiger partial charge >= 0.3 is 0 Å². The summed E-state index contributed by atoms with van der Waals surface area (Å²) < 4.78 is 13.2. The molecule has 0 radical (unpaired) electrons. The SMILES string of the molecule is COc1ccc(-n2ccc(-c3ccc(Cl)c(Cl)c3)c2O)cc1OCCN1CCCC1. The Morgan fingerprint density at radius 1 is 0.967 bits per heavy atom. The number of hydrogen-bond acceptors (Lipinski definition) is 4. The van der Waals surface area contributed by atoms with Crippen LogP contribution in [0.1, 0.15) is 12.8 Å². The topological polar surface area (TPSA) is 46.9 Å². The molecule has 3 aromatic rings. The van der Waals surface area contributed by atoms with E-state index in [0.717, 1.165) is 30.9 Å². The molecule has 1 N–H and O–H groups in total. The highest BCUT2D eigenvalue weighted by Gasteiger charge is 2.15. The first-order chi connectivity index (χ1) is 14.6. The van der Waals surface area contributed by atoms with E-state index in [4.69, 9.17) is 32.7 Å². The van der Waals surface area contributed by atoms with Crippen molar-refractivity contribution in [3.05, 3.63) is 58.7 Å². The van der Waals surface area contributed by atoms with Gasteiger partial charge in [-0.05, 0) is 61.8 Å². The second kappa shape index (κ2) is 9.21. The first-order valence-corrected chi connectivity index (χ1v) is 10.7. The van der Waals surface area contributed by atoms with E-state index in [1.165, 1.54) is 12.8 Å². The van der Waals surface area contributed by atoms with Gasteiger partial charge in [-0.1, -0.05) is 29.3 Å². The summed E-state index contributed by atoms with van der Waals surface area (Å²) >= 11 is 12.1. The number of halogens is 2. The molecule has 158 valence electrons. The van der Waals surface area contributed by atoms with Crippen LogP contribution in [0.5, 0.6) is 17.4 Å². The van der Waals surface area contributed by atoms with Crippen LogP contribution in [0.2, 0.25) is 10.0 Å². The van der Waals surface area contributed by atoms with Crippen LogP contribution < -0.4 is 9.47 Å². The molecular weight excluding hydrogens is 423 g/mol. The Balaban J connectivity index is 1.57. The van der Waals surface area contributed by atoms with Crippen molar-refractivity contribution in [2.45, 2.75) is 12.8 Å². The monoisotopic (exact) mass is 446 g/mol. The minimum absolute atomic E-state index is 0.113. The third kappa shape index (κ3) is 4.38. The average Bonchev–Trinajstić information content (AvgIpc) is 3.40. The number of aromatic hydroxyl groups is 1. The van der Waals surface area contributed by atoms with Gasteiger partial charge in [0.15, 0.2) is 11.5 Å². The number of aromatic nitrogens is 1. The van der Waals surface area contributed by atoms with E-state index in [9.17, 15) is 5.11 Å². The second-order valence-electron chi connectivity index (χ2n) is 7.28. The zero-order chi connectivity index (χ0) is 21.1. The van der Waals surface area contributed by atoms with Gasteiger partial charge in [0.05, 0.1) is 22.8 Å². The zero-order valence-corrected chi connectivity index (χ0v) is 18.3. The molecule has 0 aliphatic carbocycles. The van der Waals surface area contributed by atoms with Gasteiger partial charge in [-0.3, -0.25) is 9.47 Å². The van der Waals surface area contributed by atoms with E-state index in [1.54, 1.807) is 23.8 Å². The third-order valence-electron chi connectivity index (χ3n) is 5.38. The molecule has 4 rings (SSSR count). The molecule has 1 aliphatic rings. The zero-order valence-electron chi connectivity index (χ0n) is 16.8. The number of nitrogens with zero attached hydrogens (tertiary/aromatic N) is 2.